The Hall–Kier alpha value is 0.0500. The van der Waals surface area contributed by atoms with Crippen LogP contribution in [0.3, 0.4) is 0 Å². The van der Waals surface area contributed by atoms with Crippen molar-refractivity contribution >= 4 is 11.8 Å². The van der Waals surface area contributed by atoms with Crippen LogP contribution in [0.25, 0.3) is 0 Å². The van der Waals surface area contributed by atoms with Crippen molar-refractivity contribution in [3.8, 4) is 0 Å². The molecule has 2 atom stereocenters. The zero-order valence-electron chi connectivity index (χ0n) is 10.5. The van der Waals surface area contributed by atoms with E-state index in [0.717, 1.165) is 11.3 Å². The molecular weight excluding hydrogens is 214 g/mol. The maximum atomic E-state index is 3.79. The minimum absolute atomic E-state index is 0.783. The predicted octanol–water partition coefficient (Wildman–Crippen LogP) is 3.75. The van der Waals surface area contributed by atoms with E-state index in [0.29, 0.717) is 0 Å². The maximum absolute atomic E-state index is 3.79. The minimum atomic E-state index is 0.783. The average Bonchev–Trinajstić information content (AvgIpc) is 2.83. The van der Waals surface area contributed by atoms with Gasteiger partial charge in [0.05, 0.1) is 0 Å². The van der Waals surface area contributed by atoms with E-state index >= 15 is 0 Å². The molecule has 0 aliphatic heterocycles. The van der Waals surface area contributed by atoms with Crippen LogP contribution >= 0.6 is 11.8 Å². The van der Waals surface area contributed by atoms with E-state index in [-0.39, 0.29) is 0 Å². The standard InChI is InChI=1S/C14H25NS/c1-16-14-9-5-4-8-13(14)15-11-10-12-6-2-3-7-12/h6,13-15H,2-5,7-11H2,1H3. The first-order valence-electron chi connectivity index (χ1n) is 6.84. The topological polar surface area (TPSA) is 12.0 Å². The Morgan fingerprint density at radius 3 is 2.94 bits per heavy atom. The molecule has 0 aromatic heterocycles. The number of hydrogen-bond donors (Lipinski definition) is 1. The third-order valence-electron chi connectivity index (χ3n) is 3.99. The summed E-state index contributed by atoms with van der Waals surface area (Å²) in [5.41, 5.74) is 1.70. The lowest BCUT2D eigenvalue weighted by molar-refractivity contribution is 0.386. The number of allylic oxidation sites excluding steroid dienone is 1. The summed E-state index contributed by atoms with van der Waals surface area (Å²) in [6.07, 6.45) is 15.8. The van der Waals surface area contributed by atoms with E-state index < -0.39 is 0 Å². The molecule has 1 N–H and O–H groups in total. The molecule has 0 heterocycles. The van der Waals surface area contributed by atoms with Gasteiger partial charge in [0.2, 0.25) is 0 Å². The molecule has 0 saturated heterocycles. The SMILES string of the molecule is CSC1CCCCC1NCCC1=CCCC1. The second-order valence-electron chi connectivity index (χ2n) is 5.12. The number of nitrogens with one attached hydrogen (secondary N) is 1. The molecule has 2 aliphatic rings. The van der Waals surface area contributed by atoms with Gasteiger partial charge in [-0.3, -0.25) is 0 Å². The molecule has 2 aliphatic carbocycles. The molecule has 0 amide bonds. The van der Waals surface area contributed by atoms with Crippen molar-refractivity contribution in [2.24, 2.45) is 0 Å². The van der Waals surface area contributed by atoms with Crippen LogP contribution in [0.4, 0.5) is 0 Å². The maximum Gasteiger partial charge on any atom is 0.0198 e. The Balaban J connectivity index is 1.67. The van der Waals surface area contributed by atoms with E-state index in [4.69, 9.17) is 0 Å². The molecule has 0 bridgehead atoms. The smallest absolute Gasteiger partial charge is 0.0198 e. The number of thioether (sulfide) groups is 1. The molecule has 1 fully saturated rings. The van der Waals surface area contributed by atoms with Crippen LogP contribution in [-0.2, 0) is 0 Å². The molecule has 0 radical (unpaired) electrons. The summed E-state index contributed by atoms with van der Waals surface area (Å²) in [7, 11) is 0. The van der Waals surface area contributed by atoms with Gasteiger partial charge in [-0.25, -0.2) is 0 Å². The molecule has 2 heteroatoms. The zero-order chi connectivity index (χ0) is 11.2. The van der Waals surface area contributed by atoms with Crippen LogP contribution in [0.2, 0.25) is 0 Å². The monoisotopic (exact) mass is 239 g/mol. The molecular formula is C14H25NS. The normalized spacial score (nSPS) is 30.4. The third kappa shape index (κ3) is 3.53. The van der Waals surface area contributed by atoms with Gasteiger partial charge >= 0.3 is 0 Å². The van der Waals surface area contributed by atoms with Gasteiger partial charge < -0.3 is 5.32 Å². The van der Waals surface area contributed by atoms with Crippen molar-refractivity contribution in [3.05, 3.63) is 11.6 Å². The Kier molecular flexibility index (Phi) is 5.24. The average molecular weight is 239 g/mol. The van der Waals surface area contributed by atoms with Crippen molar-refractivity contribution < 1.29 is 0 Å². The van der Waals surface area contributed by atoms with Crippen LogP contribution in [-0.4, -0.2) is 24.1 Å². The van der Waals surface area contributed by atoms with Gasteiger partial charge in [0.1, 0.15) is 0 Å². The lowest BCUT2D eigenvalue weighted by Gasteiger charge is -2.31. The summed E-state index contributed by atoms with van der Waals surface area (Å²) in [4.78, 5) is 0. The second kappa shape index (κ2) is 6.70. The highest BCUT2D eigenvalue weighted by molar-refractivity contribution is 7.99. The lowest BCUT2D eigenvalue weighted by atomic mass is 9.94. The van der Waals surface area contributed by atoms with Crippen molar-refractivity contribution in [1.82, 2.24) is 5.32 Å². The first kappa shape index (κ1) is 12.5. The summed E-state index contributed by atoms with van der Waals surface area (Å²) in [5, 5.41) is 4.65. The molecule has 0 spiro atoms. The van der Waals surface area contributed by atoms with E-state index in [1.807, 2.05) is 0 Å². The van der Waals surface area contributed by atoms with E-state index in [9.17, 15) is 0 Å². The molecule has 92 valence electrons. The van der Waals surface area contributed by atoms with Crippen LogP contribution in [0.1, 0.15) is 51.4 Å². The molecule has 2 rings (SSSR count). The summed E-state index contributed by atoms with van der Waals surface area (Å²) in [6.45, 7) is 1.20. The number of hydrogen-bond acceptors (Lipinski definition) is 2. The van der Waals surface area contributed by atoms with Gasteiger partial charge in [0, 0.05) is 11.3 Å². The first-order valence-corrected chi connectivity index (χ1v) is 8.13. The summed E-state index contributed by atoms with van der Waals surface area (Å²) in [5.74, 6) is 0. The van der Waals surface area contributed by atoms with Crippen LogP contribution < -0.4 is 5.32 Å². The van der Waals surface area contributed by atoms with E-state index in [2.05, 4.69) is 29.4 Å². The fourth-order valence-corrected chi connectivity index (χ4v) is 3.96. The first-order chi connectivity index (χ1) is 7.90. The quantitative estimate of drug-likeness (QED) is 0.733. The van der Waals surface area contributed by atoms with Crippen molar-refractivity contribution in [2.75, 3.05) is 12.8 Å². The second-order valence-corrected chi connectivity index (χ2v) is 6.20. The Morgan fingerprint density at radius 2 is 2.19 bits per heavy atom. The predicted molar refractivity (Wildman–Crippen MR) is 74.1 cm³/mol. The summed E-state index contributed by atoms with van der Waals surface area (Å²) in [6, 6.07) is 0.783. The lowest BCUT2D eigenvalue weighted by Crippen LogP contribution is -2.40. The van der Waals surface area contributed by atoms with Crippen molar-refractivity contribution in [3.63, 3.8) is 0 Å². The largest absolute Gasteiger partial charge is 0.313 e. The van der Waals surface area contributed by atoms with Gasteiger partial charge in [-0.05, 0) is 51.3 Å². The van der Waals surface area contributed by atoms with Gasteiger partial charge in [0.15, 0.2) is 0 Å². The summed E-state index contributed by atoms with van der Waals surface area (Å²) < 4.78 is 0. The molecule has 16 heavy (non-hydrogen) atoms. The van der Waals surface area contributed by atoms with Crippen molar-refractivity contribution in [1.29, 1.82) is 0 Å². The van der Waals surface area contributed by atoms with Gasteiger partial charge in [-0.15, -0.1) is 0 Å². The number of rotatable bonds is 5. The zero-order valence-corrected chi connectivity index (χ0v) is 11.3. The van der Waals surface area contributed by atoms with Gasteiger partial charge in [-0.1, -0.05) is 24.5 Å². The minimum Gasteiger partial charge on any atom is -0.313 e. The highest BCUT2D eigenvalue weighted by Gasteiger charge is 2.23. The molecule has 1 saturated carbocycles. The third-order valence-corrected chi connectivity index (χ3v) is 5.16. The highest BCUT2D eigenvalue weighted by Crippen LogP contribution is 2.27. The van der Waals surface area contributed by atoms with E-state index in [1.54, 1.807) is 5.57 Å². The van der Waals surface area contributed by atoms with Crippen molar-refractivity contribution in [2.45, 2.75) is 62.7 Å². The van der Waals surface area contributed by atoms with Gasteiger partial charge in [0.25, 0.3) is 0 Å². The van der Waals surface area contributed by atoms with Crippen LogP contribution in [0.15, 0.2) is 11.6 Å². The summed E-state index contributed by atoms with van der Waals surface area (Å²) >= 11 is 2.06. The Morgan fingerprint density at radius 1 is 1.31 bits per heavy atom. The van der Waals surface area contributed by atoms with Gasteiger partial charge in [-0.2, -0.15) is 11.8 Å². The molecule has 2 unspecified atom stereocenters. The van der Waals surface area contributed by atoms with Crippen LogP contribution in [0, 0.1) is 0 Å². The Bertz CT molecular complexity index is 237. The molecule has 0 aromatic carbocycles. The van der Waals surface area contributed by atoms with E-state index in [1.165, 1.54) is 57.9 Å². The molecule has 0 aromatic rings. The Labute approximate surface area is 104 Å². The highest BCUT2D eigenvalue weighted by atomic mass is 32.2. The fraction of sp³-hybridized carbons (Fsp3) is 0.857. The van der Waals surface area contributed by atoms with Crippen LogP contribution in [0.5, 0.6) is 0 Å². The molecule has 1 nitrogen and oxygen atoms in total. The fourth-order valence-electron chi connectivity index (χ4n) is 3.00.